The number of hydrogen-bond acceptors (Lipinski definition) is 4. The molecule has 0 amide bonds. The minimum Gasteiger partial charge on any atom is -0.339 e. The number of nitrogens with zero attached hydrogens (tertiary/aromatic N) is 2. The van der Waals surface area contributed by atoms with E-state index in [1.54, 1.807) is 18.2 Å². The van der Waals surface area contributed by atoms with Crippen LogP contribution in [0.5, 0.6) is 0 Å². The normalized spacial score (nSPS) is 17.4. The van der Waals surface area contributed by atoms with Crippen molar-refractivity contribution < 1.29 is 8.91 Å². The maximum Gasteiger partial charge on any atom is 0.231 e. The third-order valence-corrected chi connectivity index (χ3v) is 3.46. The van der Waals surface area contributed by atoms with Gasteiger partial charge in [0, 0.05) is 0 Å². The summed E-state index contributed by atoms with van der Waals surface area (Å²) in [4.78, 5) is 4.27. The molecule has 1 saturated carbocycles. The van der Waals surface area contributed by atoms with Gasteiger partial charge in [0.05, 0.1) is 12.0 Å². The van der Waals surface area contributed by atoms with Crippen LogP contribution in [-0.2, 0) is 12.0 Å². The van der Waals surface area contributed by atoms with Crippen LogP contribution in [0.4, 0.5) is 4.39 Å². The fourth-order valence-electron chi connectivity index (χ4n) is 2.11. The molecule has 2 N–H and O–H groups in total. The summed E-state index contributed by atoms with van der Waals surface area (Å²) in [5, 5.41) is 3.90. The molecule has 1 aliphatic rings. The van der Waals surface area contributed by atoms with Crippen molar-refractivity contribution in [3.8, 4) is 0 Å². The highest BCUT2D eigenvalue weighted by atomic mass is 19.1. The lowest BCUT2D eigenvalue weighted by Gasteiger charge is -2.34. The van der Waals surface area contributed by atoms with Crippen molar-refractivity contribution in [1.29, 1.82) is 0 Å². The minimum atomic E-state index is -0.434. The van der Waals surface area contributed by atoms with Crippen LogP contribution in [0.15, 0.2) is 28.8 Å². The molecule has 94 valence electrons. The Morgan fingerprint density at radius 1 is 1.33 bits per heavy atom. The van der Waals surface area contributed by atoms with Crippen LogP contribution in [0.1, 0.15) is 36.5 Å². The second-order valence-electron chi connectivity index (χ2n) is 4.79. The monoisotopic (exact) mass is 247 g/mol. The number of nitrogens with two attached hydrogens (primary N) is 1. The number of benzene rings is 1. The summed E-state index contributed by atoms with van der Waals surface area (Å²) in [5.74, 6) is 0.690. The molecule has 0 aliphatic heterocycles. The number of rotatable bonds is 3. The zero-order valence-corrected chi connectivity index (χ0v) is 9.90. The quantitative estimate of drug-likeness (QED) is 0.902. The fraction of sp³-hybridized carbons (Fsp3) is 0.385. The van der Waals surface area contributed by atoms with Crippen molar-refractivity contribution in [2.75, 3.05) is 0 Å². The summed E-state index contributed by atoms with van der Waals surface area (Å²) in [7, 11) is 0. The lowest BCUT2D eigenvalue weighted by molar-refractivity contribution is 0.229. The SMILES string of the molecule is NC1(c2noc(Cc3ccccc3F)n2)CCC1. The van der Waals surface area contributed by atoms with E-state index in [4.69, 9.17) is 10.3 Å². The van der Waals surface area contributed by atoms with Gasteiger partial charge in [-0.2, -0.15) is 4.98 Å². The predicted octanol–water partition coefficient (Wildman–Crippen LogP) is 2.14. The molecule has 0 spiro atoms. The van der Waals surface area contributed by atoms with E-state index in [0.29, 0.717) is 23.7 Å². The first kappa shape index (κ1) is 11.3. The topological polar surface area (TPSA) is 64.9 Å². The summed E-state index contributed by atoms with van der Waals surface area (Å²) in [6, 6.07) is 6.57. The summed E-state index contributed by atoms with van der Waals surface area (Å²) in [6.45, 7) is 0. The second kappa shape index (κ2) is 4.17. The van der Waals surface area contributed by atoms with Crippen LogP contribution in [0.2, 0.25) is 0 Å². The first-order chi connectivity index (χ1) is 8.67. The van der Waals surface area contributed by atoms with Crippen molar-refractivity contribution in [3.63, 3.8) is 0 Å². The van der Waals surface area contributed by atoms with Gasteiger partial charge in [-0.3, -0.25) is 0 Å². The van der Waals surface area contributed by atoms with Crippen molar-refractivity contribution in [2.24, 2.45) is 5.73 Å². The Labute approximate surface area is 104 Å². The molecule has 3 rings (SSSR count). The smallest absolute Gasteiger partial charge is 0.231 e. The standard InChI is InChI=1S/C13H14FN3O/c14-10-5-2-1-4-9(10)8-11-16-12(17-18-11)13(15)6-3-7-13/h1-2,4-5H,3,6-8,15H2. The van der Waals surface area contributed by atoms with Crippen LogP contribution in [-0.4, -0.2) is 10.1 Å². The number of aromatic nitrogens is 2. The molecule has 0 radical (unpaired) electrons. The van der Waals surface area contributed by atoms with E-state index in [0.717, 1.165) is 19.3 Å². The van der Waals surface area contributed by atoms with E-state index >= 15 is 0 Å². The molecule has 5 heteroatoms. The highest BCUT2D eigenvalue weighted by Gasteiger charge is 2.38. The summed E-state index contributed by atoms with van der Waals surface area (Å²) in [5.41, 5.74) is 6.22. The molecule has 0 unspecified atom stereocenters. The van der Waals surface area contributed by atoms with Crippen LogP contribution in [0.25, 0.3) is 0 Å². The predicted molar refractivity (Wildman–Crippen MR) is 63.2 cm³/mol. The average Bonchev–Trinajstić information content (AvgIpc) is 2.78. The van der Waals surface area contributed by atoms with E-state index in [9.17, 15) is 4.39 Å². The molecule has 18 heavy (non-hydrogen) atoms. The van der Waals surface area contributed by atoms with Crippen LogP contribution in [0, 0.1) is 5.82 Å². The fourth-order valence-corrected chi connectivity index (χ4v) is 2.11. The van der Waals surface area contributed by atoms with Crippen LogP contribution in [0.3, 0.4) is 0 Å². The van der Waals surface area contributed by atoms with Crippen LogP contribution < -0.4 is 5.73 Å². The molecule has 1 aromatic carbocycles. The molecule has 1 aromatic heterocycles. The maximum atomic E-state index is 13.5. The Balaban J connectivity index is 1.80. The molecule has 0 atom stereocenters. The molecular weight excluding hydrogens is 233 g/mol. The second-order valence-corrected chi connectivity index (χ2v) is 4.79. The minimum absolute atomic E-state index is 0.261. The highest BCUT2D eigenvalue weighted by Crippen LogP contribution is 2.36. The third-order valence-electron chi connectivity index (χ3n) is 3.46. The summed E-state index contributed by atoms with van der Waals surface area (Å²) < 4.78 is 18.6. The van der Waals surface area contributed by atoms with Crippen molar-refractivity contribution in [1.82, 2.24) is 10.1 Å². The first-order valence-corrected chi connectivity index (χ1v) is 6.03. The van der Waals surface area contributed by atoms with E-state index in [1.807, 2.05) is 0 Å². The largest absolute Gasteiger partial charge is 0.339 e. The van der Waals surface area contributed by atoms with E-state index in [2.05, 4.69) is 10.1 Å². The summed E-state index contributed by atoms with van der Waals surface area (Å²) >= 11 is 0. The van der Waals surface area contributed by atoms with Gasteiger partial charge in [-0.05, 0) is 30.9 Å². The Morgan fingerprint density at radius 2 is 2.11 bits per heavy atom. The zero-order chi connectivity index (χ0) is 12.6. The van der Waals surface area contributed by atoms with Gasteiger partial charge in [-0.1, -0.05) is 23.4 Å². The molecule has 0 bridgehead atoms. The Kier molecular flexibility index (Phi) is 2.63. The molecule has 0 saturated heterocycles. The van der Waals surface area contributed by atoms with Crippen molar-refractivity contribution >= 4 is 0 Å². The van der Waals surface area contributed by atoms with Crippen molar-refractivity contribution in [2.45, 2.75) is 31.2 Å². The number of halogens is 1. The molecular formula is C13H14FN3O. The third kappa shape index (κ3) is 1.90. The Bertz CT molecular complexity index is 563. The lowest BCUT2D eigenvalue weighted by atomic mass is 9.77. The Morgan fingerprint density at radius 3 is 2.78 bits per heavy atom. The van der Waals surface area contributed by atoms with Crippen LogP contribution >= 0.6 is 0 Å². The van der Waals surface area contributed by atoms with Gasteiger partial charge in [0.2, 0.25) is 5.89 Å². The van der Waals surface area contributed by atoms with Gasteiger partial charge in [0.25, 0.3) is 0 Å². The van der Waals surface area contributed by atoms with Gasteiger partial charge in [0.15, 0.2) is 5.82 Å². The lowest BCUT2D eigenvalue weighted by Crippen LogP contribution is -2.44. The Hall–Kier alpha value is -1.75. The van der Waals surface area contributed by atoms with Gasteiger partial charge < -0.3 is 10.3 Å². The van der Waals surface area contributed by atoms with E-state index in [-0.39, 0.29) is 5.82 Å². The van der Waals surface area contributed by atoms with Crippen molar-refractivity contribution in [3.05, 3.63) is 47.4 Å². The van der Waals surface area contributed by atoms with Gasteiger partial charge in [-0.15, -0.1) is 0 Å². The van der Waals surface area contributed by atoms with Gasteiger partial charge >= 0.3 is 0 Å². The van der Waals surface area contributed by atoms with Gasteiger partial charge in [-0.25, -0.2) is 4.39 Å². The molecule has 4 nitrogen and oxygen atoms in total. The average molecular weight is 247 g/mol. The molecule has 1 fully saturated rings. The number of hydrogen-bond donors (Lipinski definition) is 1. The first-order valence-electron chi connectivity index (χ1n) is 6.03. The molecule has 2 aromatic rings. The van der Waals surface area contributed by atoms with Gasteiger partial charge in [0.1, 0.15) is 5.82 Å². The maximum absolute atomic E-state index is 13.5. The highest BCUT2D eigenvalue weighted by molar-refractivity contribution is 5.20. The van der Waals surface area contributed by atoms with E-state index < -0.39 is 5.54 Å². The van der Waals surface area contributed by atoms with E-state index in [1.165, 1.54) is 6.07 Å². The molecule has 1 heterocycles. The zero-order valence-electron chi connectivity index (χ0n) is 9.90. The summed E-state index contributed by atoms with van der Waals surface area (Å²) in [6.07, 6.45) is 3.15. The molecule has 1 aliphatic carbocycles.